The van der Waals surface area contributed by atoms with E-state index in [1.807, 2.05) is 0 Å². The van der Waals surface area contributed by atoms with Gasteiger partial charge in [0.1, 0.15) is 0 Å². The topological polar surface area (TPSA) is 63.2 Å². The van der Waals surface area contributed by atoms with Gasteiger partial charge in [0.25, 0.3) is 9.05 Å². The van der Waals surface area contributed by atoms with Gasteiger partial charge < -0.3 is 5.32 Å². The van der Waals surface area contributed by atoms with Crippen LogP contribution in [0.3, 0.4) is 0 Å². The average molecular weight is 364 g/mol. The van der Waals surface area contributed by atoms with E-state index in [1.54, 1.807) is 0 Å². The van der Waals surface area contributed by atoms with E-state index in [2.05, 4.69) is 5.32 Å². The van der Waals surface area contributed by atoms with E-state index in [9.17, 15) is 26.4 Å². The smallest absolute Gasteiger partial charge is 0.325 e. The summed E-state index contributed by atoms with van der Waals surface area (Å²) in [7, 11) is 1.17. The average Bonchev–Trinajstić information content (AvgIpc) is 2.29. The van der Waals surface area contributed by atoms with Crippen molar-refractivity contribution < 1.29 is 26.4 Å². The van der Waals surface area contributed by atoms with Gasteiger partial charge in [-0.05, 0) is 24.6 Å². The van der Waals surface area contributed by atoms with Crippen LogP contribution in [0.4, 0.5) is 18.9 Å². The lowest BCUT2D eigenvalue weighted by atomic mass is 10.2. The molecule has 0 heterocycles. The number of carbonyl (C=O) groups is 1. The van der Waals surface area contributed by atoms with Gasteiger partial charge in [0.05, 0.1) is 22.0 Å². The molecule has 1 aromatic rings. The summed E-state index contributed by atoms with van der Waals surface area (Å²) in [5.41, 5.74) is 0.315. The zero-order valence-electron chi connectivity index (χ0n) is 10.6. The third-order valence-electron chi connectivity index (χ3n) is 2.44. The molecule has 118 valence electrons. The molecule has 0 aliphatic heterocycles. The minimum Gasteiger partial charge on any atom is -0.325 e. The minimum absolute atomic E-state index is 0.0490. The van der Waals surface area contributed by atoms with Crippen molar-refractivity contribution in [3.05, 3.63) is 22.7 Å². The van der Waals surface area contributed by atoms with Gasteiger partial charge >= 0.3 is 6.18 Å². The van der Waals surface area contributed by atoms with Crippen LogP contribution in [-0.2, 0) is 13.8 Å². The van der Waals surface area contributed by atoms with Crippen molar-refractivity contribution >= 4 is 42.9 Å². The third kappa shape index (κ3) is 5.72. The van der Waals surface area contributed by atoms with E-state index in [0.717, 1.165) is 12.1 Å². The number of nitrogens with one attached hydrogen (secondary N) is 1. The Bertz CT molecular complexity index is 636. The number of rotatable bonds is 4. The lowest BCUT2D eigenvalue weighted by Gasteiger charge is -2.12. The predicted molar refractivity (Wildman–Crippen MR) is 73.1 cm³/mol. The number of hydrogen-bond donors (Lipinski definition) is 1. The van der Waals surface area contributed by atoms with E-state index >= 15 is 0 Å². The second kappa shape index (κ2) is 6.41. The highest BCUT2D eigenvalue weighted by atomic mass is 35.7. The maximum absolute atomic E-state index is 12.0. The molecule has 0 fully saturated rings. The second-order valence-corrected chi connectivity index (χ2v) is 7.17. The molecule has 0 aliphatic rings. The molecule has 1 amide bonds. The van der Waals surface area contributed by atoms with Crippen molar-refractivity contribution in [2.75, 3.05) is 5.32 Å². The highest BCUT2D eigenvalue weighted by molar-refractivity contribution is 8.13. The zero-order valence-corrected chi connectivity index (χ0v) is 12.9. The van der Waals surface area contributed by atoms with Crippen LogP contribution in [0.2, 0.25) is 5.02 Å². The van der Waals surface area contributed by atoms with Crippen LogP contribution in [0.15, 0.2) is 17.0 Å². The molecule has 1 aromatic carbocycles. The molecule has 0 spiro atoms. The molecule has 0 unspecified atom stereocenters. The Morgan fingerprint density at radius 3 is 2.33 bits per heavy atom. The Labute approximate surface area is 128 Å². The first-order valence-electron chi connectivity index (χ1n) is 5.51. The Kier molecular flexibility index (Phi) is 5.51. The number of hydrogen-bond acceptors (Lipinski definition) is 3. The number of aryl methyl sites for hydroxylation is 1. The Hall–Kier alpha value is -0.990. The highest BCUT2D eigenvalue weighted by Gasteiger charge is 2.28. The Morgan fingerprint density at radius 2 is 1.90 bits per heavy atom. The number of benzene rings is 1. The van der Waals surface area contributed by atoms with Crippen molar-refractivity contribution in [1.82, 2.24) is 0 Å². The SMILES string of the molecule is Cc1cc(S(=O)(=O)Cl)cc(Cl)c1NC(=O)CCC(F)(F)F. The molecule has 0 aromatic heterocycles. The summed E-state index contributed by atoms with van der Waals surface area (Å²) in [6.07, 6.45) is -6.45. The van der Waals surface area contributed by atoms with Gasteiger partial charge in [0, 0.05) is 17.1 Å². The predicted octanol–water partition coefficient (Wildman–Crippen LogP) is 3.86. The van der Waals surface area contributed by atoms with Gasteiger partial charge in [-0.15, -0.1) is 0 Å². The van der Waals surface area contributed by atoms with E-state index < -0.39 is 34.0 Å². The van der Waals surface area contributed by atoms with Crippen LogP contribution >= 0.6 is 22.3 Å². The lowest BCUT2D eigenvalue weighted by molar-refractivity contribution is -0.142. The molecule has 1 rings (SSSR count). The first kappa shape index (κ1) is 18.1. The van der Waals surface area contributed by atoms with Gasteiger partial charge in [-0.25, -0.2) is 8.42 Å². The summed E-state index contributed by atoms with van der Waals surface area (Å²) >= 11 is 5.81. The van der Waals surface area contributed by atoms with Crippen LogP contribution in [0.1, 0.15) is 18.4 Å². The van der Waals surface area contributed by atoms with Crippen molar-refractivity contribution in [3.8, 4) is 0 Å². The van der Waals surface area contributed by atoms with Crippen LogP contribution in [0.5, 0.6) is 0 Å². The number of anilines is 1. The molecular weight excluding hydrogens is 354 g/mol. The van der Waals surface area contributed by atoms with Gasteiger partial charge in [-0.1, -0.05) is 11.6 Å². The summed E-state index contributed by atoms with van der Waals surface area (Å²) in [4.78, 5) is 11.2. The Morgan fingerprint density at radius 1 is 1.33 bits per heavy atom. The fourth-order valence-electron chi connectivity index (χ4n) is 1.47. The molecule has 0 radical (unpaired) electrons. The number of carbonyl (C=O) groups excluding carboxylic acids is 1. The first-order chi connectivity index (χ1) is 9.40. The molecule has 4 nitrogen and oxygen atoms in total. The normalized spacial score (nSPS) is 12.3. The van der Waals surface area contributed by atoms with Gasteiger partial charge in [-0.2, -0.15) is 13.2 Å². The van der Waals surface area contributed by atoms with E-state index in [4.69, 9.17) is 22.3 Å². The third-order valence-corrected chi connectivity index (χ3v) is 4.07. The monoisotopic (exact) mass is 363 g/mol. The Balaban J connectivity index is 2.93. The van der Waals surface area contributed by atoms with Crippen LogP contribution in [-0.4, -0.2) is 20.5 Å². The standard InChI is InChI=1S/C11H10Cl2F3NO3S/c1-6-4-7(21(13,19)20)5-8(12)10(6)17-9(18)2-3-11(14,15)16/h4-5H,2-3H2,1H3,(H,17,18). The maximum atomic E-state index is 12.0. The van der Waals surface area contributed by atoms with E-state index in [0.29, 0.717) is 0 Å². The molecular formula is C11H10Cl2F3NO3S. The number of halogens is 5. The minimum atomic E-state index is -4.44. The summed E-state index contributed by atoms with van der Waals surface area (Å²) in [6.45, 7) is 1.44. The van der Waals surface area contributed by atoms with E-state index in [-0.39, 0.29) is 21.2 Å². The van der Waals surface area contributed by atoms with Crippen LogP contribution in [0, 0.1) is 6.92 Å². The maximum Gasteiger partial charge on any atom is 0.389 e. The van der Waals surface area contributed by atoms with Crippen LogP contribution < -0.4 is 5.32 Å². The fraction of sp³-hybridized carbons (Fsp3) is 0.364. The van der Waals surface area contributed by atoms with Crippen molar-refractivity contribution in [2.24, 2.45) is 0 Å². The molecule has 0 aliphatic carbocycles. The van der Waals surface area contributed by atoms with Gasteiger partial charge in [-0.3, -0.25) is 4.79 Å². The fourth-order valence-corrected chi connectivity index (χ4v) is 2.69. The van der Waals surface area contributed by atoms with Crippen molar-refractivity contribution in [1.29, 1.82) is 0 Å². The van der Waals surface area contributed by atoms with Crippen LogP contribution in [0.25, 0.3) is 0 Å². The molecule has 0 saturated carbocycles. The van der Waals surface area contributed by atoms with Crippen molar-refractivity contribution in [3.63, 3.8) is 0 Å². The summed E-state index contributed by atoms with van der Waals surface area (Å²) in [6, 6.07) is 2.17. The van der Waals surface area contributed by atoms with Gasteiger partial charge in [0.2, 0.25) is 5.91 Å². The summed E-state index contributed by atoms with van der Waals surface area (Å²) < 4.78 is 58.4. The molecule has 0 saturated heterocycles. The van der Waals surface area contributed by atoms with Crippen molar-refractivity contribution in [2.45, 2.75) is 30.8 Å². The van der Waals surface area contributed by atoms with E-state index in [1.165, 1.54) is 6.92 Å². The second-order valence-electron chi connectivity index (χ2n) is 4.20. The number of amides is 1. The molecule has 0 bridgehead atoms. The lowest BCUT2D eigenvalue weighted by Crippen LogP contribution is -2.17. The summed E-state index contributed by atoms with van der Waals surface area (Å²) in [5.74, 6) is -0.876. The number of alkyl halides is 3. The molecule has 21 heavy (non-hydrogen) atoms. The first-order valence-corrected chi connectivity index (χ1v) is 8.20. The quantitative estimate of drug-likeness (QED) is 0.826. The largest absolute Gasteiger partial charge is 0.389 e. The molecule has 1 N–H and O–H groups in total. The highest BCUT2D eigenvalue weighted by Crippen LogP contribution is 2.31. The van der Waals surface area contributed by atoms with Gasteiger partial charge in [0.15, 0.2) is 0 Å². The molecule has 10 heteroatoms. The molecule has 0 atom stereocenters. The zero-order chi connectivity index (χ0) is 16.4. The summed E-state index contributed by atoms with van der Waals surface area (Å²) in [5, 5.41) is 2.09.